The summed E-state index contributed by atoms with van der Waals surface area (Å²) < 4.78 is 0. The van der Waals surface area contributed by atoms with E-state index in [1.165, 1.54) is 12.8 Å². The third kappa shape index (κ3) is 11.2. The minimum atomic E-state index is 0.922. The van der Waals surface area contributed by atoms with Crippen molar-refractivity contribution in [1.82, 2.24) is 0 Å². The van der Waals surface area contributed by atoms with Crippen LogP contribution in [0.3, 0.4) is 0 Å². The Balaban J connectivity index is 2.46. The van der Waals surface area contributed by atoms with Crippen LogP contribution in [0, 0.1) is 23.7 Å². The molecule has 0 aliphatic rings. The number of hydrogen-bond acceptors (Lipinski definition) is 2. The molecule has 2 heteroatoms. The predicted molar refractivity (Wildman–Crippen MR) is 154 cm³/mol. The van der Waals surface area contributed by atoms with Gasteiger partial charge in [-0.25, -0.2) is 0 Å². The van der Waals surface area contributed by atoms with Gasteiger partial charge in [0.2, 0.25) is 0 Å². The molecule has 0 atom stereocenters. The molecule has 2 aromatic rings. The van der Waals surface area contributed by atoms with E-state index in [9.17, 15) is 0 Å². The van der Waals surface area contributed by atoms with Crippen molar-refractivity contribution >= 4 is 22.8 Å². The summed E-state index contributed by atoms with van der Waals surface area (Å²) in [5.41, 5.74) is 6.18. The molecule has 0 aliphatic heterocycles. The van der Waals surface area contributed by atoms with Gasteiger partial charge in [-0.15, -0.1) is 0 Å². The zero-order valence-corrected chi connectivity index (χ0v) is 22.3. The van der Waals surface area contributed by atoms with Crippen molar-refractivity contribution in [2.75, 3.05) is 0 Å². The molecule has 0 spiro atoms. The van der Waals surface area contributed by atoms with Gasteiger partial charge in [0.25, 0.3) is 0 Å². The Hall–Kier alpha value is -3.10. The van der Waals surface area contributed by atoms with Crippen LogP contribution in [0.15, 0.2) is 58.5 Å². The van der Waals surface area contributed by atoms with Crippen LogP contribution in [0.2, 0.25) is 0 Å². The molecular weight excluding hydrogens is 424 g/mol. The van der Waals surface area contributed by atoms with Crippen LogP contribution in [-0.4, -0.2) is 11.4 Å². The largest absolute Gasteiger partial charge is 0.252 e. The highest BCUT2D eigenvalue weighted by molar-refractivity contribution is 6.43. The van der Waals surface area contributed by atoms with Crippen LogP contribution < -0.4 is 0 Å². The fourth-order valence-corrected chi connectivity index (χ4v) is 3.61. The number of benzene rings is 2. The Kier molecular flexibility index (Phi) is 14.0. The molecule has 35 heavy (non-hydrogen) atoms. The summed E-state index contributed by atoms with van der Waals surface area (Å²) in [5, 5.41) is 0. The second-order valence-corrected chi connectivity index (χ2v) is 8.88. The molecule has 0 aliphatic carbocycles. The van der Waals surface area contributed by atoms with Crippen LogP contribution in [0.4, 0.5) is 11.4 Å². The van der Waals surface area contributed by atoms with Crippen molar-refractivity contribution in [3.8, 4) is 23.7 Å². The molecule has 0 aromatic heterocycles. The highest BCUT2D eigenvalue weighted by atomic mass is 14.8. The molecule has 2 rings (SSSR count). The van der Waals surface area contributed by atoms with Crippen molar-refractivity contribution in [2.45, 2.75) is 98.3 Å². The number of rotatable bonds is 12. The molecule has 0 saturated heterocycles. The topological polar surface area (TPSA) is 24.7 Å². The van der Waals surface area contributed by atoms with Gasteiger partial charge in [0, 0.05) is 24.0 Å². The minimum Gasteiger partial charge on any atom is -0.252 e. The van der Waals surface area contributed by atoms with E-state index in [1.807, 2.05) is 0 Å². The lowest BCUT2D eigenvalue weighted by Gasteiger charge is -2.11. The highest BCUT2D eigenvalue weighted by Gasteiger charge is 2.11. The molecule has 0 N–H and O–H groups in total. The number of unbranched alkanes of at least 4 members (excludes halogenated alkanes) is 5. The zero-order valence-electron chi connectivity index (χ0n) is 22.3. The van der Waals surface area contributed by atoms with E-state index in [2.05, 4.69) is 99.9 Å². The smallest absolute Gasteiger partial charge is 0.0646 e. The number of hydrogen-bond donors (Lipinski definition) is 0. The van der Waals surface area contributed by atoms with E-state index < -0.39 is 0 Å². The van der Waals surface area contributed by atoms with E-state index in [4.69, 9.17) is 9.98 Å². The van der Waals surface area contributed by atoms with Crippen LogP contribution in [0.25, 0.3) is 0 Å². The molecule has 0 unspecified atom stereocenters. The minimum absolute atomic E-state index is 0.922. The molecule has 0 bridgehead atoms. The van der Waals surface area contributed by atoms with Gasteiger partial charge in [0.15, 0.2) is 0 Å². The molecule has 0 amide bonds. The molecule has 0 saturated carbocycles. The monoisotopic (exact) mass is 466 g/mol. The second kappa shape index (κ2) is 17.4. The quantitative estimate of drug-likeness (QED) is 0.169. The van der Waals surface area contributed by atoms with Gasteiger partial charge in [-0.2, -0.15) is 0 Å². The number of nitrogens with zero attached hydrogens (tertiary/aromatic N) is 2. The molecule has 0 heterocycles. The Bertz CT molecular complexity index is 1080. The van der Waals surface area contributed by atoms with Crippen molar-refractivity contribution in [2.24, 2.45) is 9.98 Å². The maximum Gasteiger partial charge on any atom is 0.0646 e. The Morgan fingerprint density at radius 3 is 1.54 bits per heavy atom. The summed E-state index contributed by atoms with van der Waals surface area (Å²) in [4.78, 5) is 10.3. The van der Waals surface area contributed by atoms with Gasteiger partial charge in [0.1, 0.15) is 0 Å². The average molecular weight is 467 g/mol. The lowest BCUT2D eigenvalue weighted by Crippen LogP contribution is -2.14. The van der Waals surface area contributed by atoms with E-state index in [1.54, 1.807) is 0 Å². The summed E-state index contributed by atoms with van der Waals surface area (Å²) in [6.07, 6.45) is 11.6. The van der Waals surface area contributed by atoms with E-state index in [0.29, 0.717) is 0 Å². The SMILES string of the molecule is CCCC#Cc1cccc(N=C(CCCC)C(CCCCC)=Nc2cccc(C#CCCC)c2)c1. The normalized spacial score (nSPS) is 11.4. The summed E-state index contributed by atoms with van der Waals surface area (Å²) in [7, 11) is 0. The zero-order chi connectivity index (χ0) is 25.1. The molecule has 2 aromatic carbocycles. The third-order valence-electron chi connectivity index (χ3n) is 5.55. The third-order valence-corrected chi connectivity index (χ3v) is 5.55. The first-order valence-corrected chi connectivity index (χ1v) is 13.5. The van der Waals surface area contributed by atoms with Gasteiger partial charge in [-0.1, -0.05) is 82.8 Å². The van der Waals surface area contributed by atoms with E-state index in [0.717, 1.165) is 91.7 Å². The van der Waals surface area contributed by atoms with Crippen LogP contribution >= 0.6 is 0 Å². The Labute approximate surface area is 214 Å². The summed E-state index contributed by atoms with van der Waals surface area (Å²) in [6.45, 7) is 8.78. The van der Waals surface area contributed by atoms with Crippen molar-refractivity contribution < 1.29 is 0 Å². The van der Waals surface area contributed by atoms with E-state index in [-0.39, 0.29) is 0 Å². The van der Waals surface area contributed by atoms with Gasteiger partial charge in [-0.05, 0) is 74.9 Å². The maximum absolute atomic E-state index is 5.14. The van der Waals surface area contributed by atoms with Crippen molar-refractivity contribution in [3.63, 3.8) is 0 Å². The summed E-state index contributed by atoms with van der Waals surface area (Å²) in [6, 6.07) is 16.6. The van der Waals surface area contributed by atoms with Gasteiger partial charge in [0.05, 0.1) is 22.8 Å². The van der Waals surface area contributed by atoms with Gasteiger partial charge < -0.3 is 0 Å². The first-order valence-electron chi connectivity index (χ1n) is 13.5. The lowest BCUT2D eigenvalue weighted by atomic mass is 10.0. The molecule has 2 nitrogen and oxygen atoms in total. The van der Waals surface area contributed by atoms with Gasteiger partial charge in [-0.3, -0.25) is 9.98 Å². The fourth-order valence-electron chi connectivity index (χ4n) is 3.61. The first kappa shape index (κ1) is 28.1. The van der Waals surface area contributed by atoms with Crippen LogP contribution in [0.5, 0.6) is 0 Å². The van der Waals surface area contributed by atoms with Crippen LogP contribution in [0.1, 0.15) is 109 Å². The first-order chi connectivity index (χ1) is 17.2. The molecule has 0 fully saturated rings. The summed E-state index contributed by atoms with van der Waals surface area (Å²) in [5.74, 6) is 13.1. The maximum atomic E-state index is 5.14. The summed E-state index contributed by atoms with van der Waals surface area (Å²) >= 11 is 0. The molecule has 0 radical (unpaired) electrons. The standard InChI is InChI=1S/C33H42N2/c1-5-9-13-18-28-20-16-22-30(26-28)34-32(24-12-8-4)33(25-15-11-7-3)35-31-23-17-21-29(27-31)19-14-10-6-2/h16-17,20-23,26-27H,5-12,15,24-25H2,1-4H3. The van der Waals surface area contributed by atoms with Crippen molar-refractivity contribution in [1.29, 1.82) is 0 Å². The lowest BCUT2D eigenvalue weighted by molar-refractivity contribution is 0.742. The molecular formula is C33H42N2. The second-order valence-electron chi connectivity index (χ2n) is 8.88. The van der Waals surface area contributed by atoms with Crippen molar-refractivity contribution in [3.05, 3.63) is 59.7 Å². The van der Waals surface area contributed by atoms with Crippen LogP contribution in [-0.2, 0) is 0 Å². The Morgan fingerprint density at radius 1 is 0.600 bits per heavy atom. The number of aliphatic imine (C=N–C) groups is 2. The average Bonchev–Trinajstić information content (AvgIpc) is 2.87. The van der Waals surface area contributed by atoms with E-state index >= 15 is 0 Å². The molecule has 184 valence electrons. The van der Waals surface area contributed by atoms with Gasteiger partial charge >= 0.3 is 0 Å². The fraction of sp³-hybridized carbons (Fsp3) is 0.455. The highest BCUT2D eigenvalue weighted by Crippen LogP contribution is 2.21. The predicted octanol–water partition coefficient (Wildman–Crippen LogP) is 9.61. The Morgan fingerprint density at radius 2 is 1.09 bits per heavy atom.